The minimum absolute atomic E-state index is 0.215. The lowest BCUT2D eigenvalue weighted by Crippen LogP contribution is -2.42. The smallest absolute Gasteiger partial charge is 0.409 e. The van der Waals surface area contributed by atoms with E-state index < -0.39 is 0 Å². The number of hydrogen-bond acceptors (Lipinski definition) is 4. The predicted molar refractivity (Wildman–Crippen MR) is 74.5 cm³/mol. The standard InChI is InChI=1S/C13H18ClN3O2/c1-2-19-13(18)17-7-4-10(5-8-17)16-11-3-6-15-12(14)9-11/h3,6,9-10H,2,4-5,7-8H2,1H3,(H,15,16). The molecule has 1 fully saturated rings. The maximum Gasteiger partial charge on any atom is 0.409 e. The van der Waals surface area contributed by atoms with Crippen molar-refractivity contribution in [2.75, 3.05) is 25.0 Å². The Morgan fingerprint density at radius 1 is 1.58 bits per heavy atom. The normalized spacial score (nSPS) is 16.2. The molecule has 0 spiro atoms. The molecule has 1 amide bonds. The molecule has 19 heavy (non-hydrogen) atoms. The number of likely N-dealkylation sites (tertiary alicyclic amines) is 1. The van der Waals surface area contributed by atoms with Gasteiger partial charge in [0.2, 0.25) is 0 Å². The molecule has 1 aliphatic heterocycles. The number of nitrogens with one attached hydrogen (secondary N) is 1. The third-order valence-corrected chi connectivity index (χ3v) is 3.33. The molecule has 1 N–H and O–H groups in total. The number of carbonyl (C=O) groups is 1. The summed E-state index contributed by atoms with van der Waals surface area (Å²) in [6.45, 7) is 3.68. The number of rotatable bonds is 3. The monoisotopic (exact) mass is 283 g/mol. The molecule has 0 aromatic carbocycles. The second-order valence-electron chi connectivity index (χ2n) is 4.47. The third-order valence-electron chi connectivity index (χ3n) is 3.12. The van der Waals surface area contributed by atoms with Crippen molar-refractivity contribution in [3.05, 3.63) is 23.5 Å². The first kappa shape index (κ1) is 13.9. The van der Waals surface area contributed by atoms with Crippen molar-refractivity contribution in [1.29, 1.82) is 0 Å². The van der Waals surface area contributed by atoms with Crippen LogP contribution in [0.5, 0.6) is 0 Å². The van der Waals surface area contributed by atoms with Crippen LogP contribution < -0.4 is 5.32 Å². The van der Waals surface area contributed by atoms with E-state index in [2.05, 4.69) is 10.3 Å². The number of piperidine rings is 1. The summed E-state index contributed by atoms with van der Waals surface area (Å²) in [6, 6.07) is 4.05. The van der Waals surface area contributed by atoms with Crippen LogP contribution in [-0.2, 0) is 4.74 Å². The van der Waals surface area contributed by atoms with Gasteiger partial charge in [-0.1, -0.05) is 11.6 Å². The van der Waals surface area contributed by atoms with Gasteiger partial charge in [0.1, 0.15) is 5.15 Å². The first-order valence-electron chi connectivity index (χ1n) is 6.49. The fourth-order valence-corrected chi connectivity index (χ4v) is 2.32. The zero-order chi connectivity index (χ0) is 13.7. The fraction of sp³-hybridized carbons (Fsp3) is 0.538. The highest BCUT2D eigenvalue weighted by Gasteiger charge is 2.23. The van der Waals surface area contributed by atoms with E-state index in [1.54, 1.807) is 17.2 Å². The Balaban J connectivity index is 1.82. The summed E-state index contributed by atoms with van der Waals surface area (Å²) in [5.74, 6) is 0. The molecule has 6 heteroatoms. The second kappa shape index (κ2) is 6.61. The van der Waals surface area contributed by atoms with E-state index in [1.165, 1.54) is 0 Å². The van der Waals surface area contributed by atoms with Gasteiger partial charge < -0.3 is 15.0 Å². The number of ether oxygens (including phenoxy) is 1. The van der Waals surface area contributed by atoms with Crippen molar-refractivity contribution in [2.45, 2.75) is 25.8 Å². The van der Waals surface area contributed by atoms with Crippen molar-refractivity contribution in [3.8, 4) is 0 Å². The number of aromatic nitrogens is 1. The van der Waals surface area contributed by atoms with Crippen molar-refractivity contribution in [3.63, 3.8) is 0 Å². The minimum Gasteiger partial charge on any atom is -0.450 e. The molecule has 1 aromatic rings. The highest BCUT2D eigenvalue weighted by molar-refractivity contribution is 6.29. The predicted octanol–water partition coefficient (Wildman–Crippen LogP) is 2.77. The average Bonchev–Trinajstić information content (AvgIpc) is 2.40. The van der Waals surface area contributed by atoms with Gasteiger partial charge in [0.25, 0.3) is 0 Å². The Kier molecular flexibility index (Phi) is 4.85. The largest absolute Gasteiger partial charge is 0.450 e. The zero-order valence-corrected chi connectivity index (χ0v) is 11.7. The molecule has 0 atom stereocenters. The summed E-state index contributed by atoms with van der Waals surface area (Å²) in [5, 5.41) is 3.89. The van der Waals surface area contributed by atoms with Gasteiger partial charge in [-0.25, -0.2) is 9.78 Å². The van der Waals surface area contributed by atoms with E-state index >= 15 is 0 Å². The van der Waals surface area contributed by atoms with Gasteiger partial charge in [0.05, 0.1) is 6.61 Å². The lowest BCUT2D eigenvalue weighted by Gasteiger charge is -2.32. The van der Waals surface area contributed by atoms with E-state index in [0.29, 0.717) is 17.8 Å². The summed E-state index contributed by atoms with van der Waals surface area (Å²) >= 11 is 5.84. The molecule has 1 aliphatic rings. The molecule has 0 saturated carbocycles. The summed E-state index contributed by atoms with van der Waals surface area (Å²) in [5.41, 5.74) is 0.967. The molecule has 1 saturated heterocycles. The molecule has 0 unspecified atom stereocenters. The van der Waals surface area contributed by atoms with Gasteiger partial charge in [-0.3, -0.25) is 0 Å². The Morgan fingerprint density at radius 3 is 2.95 bits per heavy atom. The van der Waals surface area contributed by atoms with Crippen LogP contribution in [0.25, 0.3) is 0 Å². The molecule has 0 bridgehead atoms. The van der Waals surface area contributed by atoms with Crippen LogP contribution in [0.3, 0.4) is 0 Å². The lowest BCUT2D eigenvalue weighted by molar-refractivity contribution is 0.0983. The summed E-state index contributed by atoms with van der Waals surface area (Å²) in [7, 11) is 0. The molecular weight excluding hydrogens is 266 g/mol. The SMILES string of the molecule is CCOC(=O)N1CCC(Nc2ccnc(Cl)c2)CC1. The van der Waals surface area contributed by atoms with Crippen LogP contribution in [0.1, 0.15) is 19.8 Å². The third kappa shape index (κ3) is 3.99. The molecule has 2 rings (SSSR count). The van der Waals surface area contributed by atoms with Crippen molar-refractivity contribution in [2.24, 2.45) is 0 Å². The number of halogens is 1. The quantitative estimate of drug-likeness (QED) is 0.867. The summed E-state index contributed by atoms with van der Waals surface area (Å²) in [4.78, 5) is 17.3. The van der Waals surface area contributed by atoms with Crippen molar-refractivity contribution < 1.29 is 9.53 Å². The van der Waals surface area contributed by atoms with Crippen molar-refractivity contribution in [1.82, 2.24) is 9.88 Å². The number of anilines is 1. The number of nitrogens with zero attached hydrogens (tertiary/aromatic N) is 2. The van der Waals surface area contributed by atoms with Crippen LogP contribution in [0, 0.1) is 0 Å². The maximum absolute atomic E-state index is 11.6. The van der Waals surface area contributed by atoms with E-state index in [4.69, 9.17) is 16.3 Å². The van der Waals surface area contributed by atoms with Gasteiger partial charge in [0.15, 0.2) is 0 Å². The first-order chi connectivity index (χ1) is 9.19. The molecule has 104 valence electrons. The van der Waals surface area contributed by atoms with Gasteiger partial charge in [-0.2, -0.15) is 0 Å². The highest BCUT2D eigenvalue weighted by atomic mass is 35.5. The van der Waals surface area contributed by atoms with Crippen LogP contribution in [0.4, 0.5) is 10.5 Å². The highest BCUT2D eigenvalue weighted by Crippen LogP contribution is 2.18. The molecule has 0 radical (unpaired) electrons. The Morgan fingerprint density at radius 2 is 2.32 bits per heavy atom. The lowest BCUT2D eigenvalue weighted by atomic mass is 10.1. The van der Waals surface area contributed by atoms with E-state index in [0.717, 1.165) is 31.6 Å². The van der Waals surface area contributed by atoms with Gasteiger partial charge >= 0.3 is 6.09 Å². The molecular formula is C13H18ClN3O2. The van der Waals surface area contributed by atoms with Crippen LogP contribution >= 0.6 is 11.6 Å². The fourth-order valence-electron chi connectivity index (χ4n) is 2.15. The Hall–Kier alpha value is -1.49. The molecule has 0 aliphatic carbocycles. The van der Waals surface area contributed by atoms with E-state index in [1.807, 2.05) is 13.0 Å². The van der Waals surface area contributed by atoms with Crippen LogP contribution in [0.2, 0.25) is 5.15 Å². The van der Waals surface area contributed by atoms with Crippen molar-refractivity contribution >= 4 is 23.4 Å². The van der Waals surface area contributed by atoms with E-state index in [-0.39, 0.29) is 6.09 Å². The zero-order valence-electron chi connectivity index (χ0n) is 10.9. The number of amides is 1. The average molecular weight is 284 g/mol. The Bertz CT molecular complexity index is 434. The first-order valence-corrected chi connectivity index (χ1v) is 6.86. The van der Waals surface area contributed by atoms with E-state index in [9.17, 15) is 4.79 Å². The molecule has 2 heterocycles. The number of hydrogen-bond donors (Lipinski definition) is 1. The molecule has 1 aromatic heterocycles. The second-order valence-corrected chi connectivity index (χ2v) is 4.86. The molecule has 5 nitrogen and oxygen atoms in total. The van der Waals surface area contributed by atoms with Gasteiger partial charge in [-0.05, 0) is 31.9 Å². The maximum atomic E-state index is 11.6. The number of pyridine rings is 1. The minimum atomic E-state index is -0.215. The Labute approximate surface area is 117 Å². The van der Waals surface area contributed by atoms with Crippen LogP contribution in [-0.4, -0.2) is 41.7 Å². The number of carbonyl (C=O) groups excluding carboxylic acids is 1. The summed E-state index contributed by atoms with van der Waals surface area (Å²) < 4.78 is 4.99. The van der Waals surface area contributed by atoms with Gasteiger partial charge in [-0.15, -0.1) is 0 Å². The van der Waals surface area contributed by atoms with Gasteiger partial charge in [0, 0.05) is 31.0 Å². The topological polar surface area (TPSA) is 54.5 Å². The summed E-state index contributed by atoms with van der Waals surface area (Å²) in [6.07, 6.45) is 3.27. The van der Waals surface area contributed by atoms with Crippen LogP contribution in [0.15, 0.2) is 18.3 Å².